The number of rotatable bonds is 7. The SMILES string of the molecule is COc1ccc(C(NCN(O)C=O)P(=O)(O)O)cc1. The molecule has 0 heterocycles. The number of carbonyl (C=O) groups is 1. The standard InChI is InChI=1S/C10H15N2O6P/c1-18-9-4-2-8(3-5-9)10(19(15,16)17)11-6-12(14)7-13/h2-5,7,10-11,14H,6H2,1H3,(H2,15,16,17). The van der Waals surface area contributed by atoms with E-state index in [1.165, 1.54) is 19.2 Å². The molecule has 0 fully saturated rings. The first-order chi connectivity index (χ1) is 8.88. The zero-order chi connectivity index (χ0) is 14.5. The lowest BCUT2D eigenvalue weighted by molar-refractivity contribution is -0.151. The maximum absolute atomic E-state index is 11.4. The van der Waals surface area contributed by atoms with Gasteiger partial charge in [-0.2, -0.15) is 0 Å². The second kappa shape index (κ2) is 6.65. The van der Waals surface area contributed by atoms with Crippen LogP contribution in [0.25, 0.3) is 0 Å². The molecule has 0 spiro atoms. The van der Waals surface area contributed by atoms with E-state index in [-0.39, 0.29) is 11.5 Å². The molecule has 1 aromatic rings. The molecule has 9 heteroatoms. The molecule has 0 aliphatic carbocycles. The number of hydroxylamine groups is 2. The molecule has 1 atom stereocenters. The predicted octanol–water partition coefficient (Wildman–Crippen LogP) is 0.266. The molecule has 4 N–H and O–H groups in total. The molecule has 106 valence electrons. The minimum atomic E-state index is -4.49. The van der Waals surface area contributed by atoms with Gasteiger partial charge in [0.25, 0.3) is 0 Å². The van der Waals surface area contributed by atoms with Gasteiger partial charge >= 0.3 is 7.60 Å². The van der Waals surface area contributed by atoms with Crippen molar-refractivity contribution in [2.45, 2.75) is 5.78 Å². The molecule has 0 aliphatic heterocycles. The van der Waals surface area contributed by atoms with Crippen molar-refractivity contribution < 1.29 is 29.1 Å². The number of hydrogen-bond acceptors (Lipinski definition) is 5. The number of nitrogens with one attached hydrogen (secondary N) is 1. The summed E-state index contributed by atoms with van der Waals surface area (Å²) in [5, 5.41) is 11.6. The third-order valence-corrected chi connectivity index (χ3v) is 3.49. The van der Waals surface area contributed by atoms with Crippen LogP contribution in [0.3, 0.4) is 0 Å². The van der Waals surface area contributed by atoms with Crippen LogP contribution in [0, 0.1) is 0 Å². The van der Waals surface area contributed by atoms with E-state index in [0.717, 1.165) is 0 Å². The number of carbonyl (C=O) groups excluding carboxylic acids is 1. The van der Waals surface area contributed by atoms with Gasteiger partial charge in [0.05, 0.1) is 13.8 Å². The first-order valence-electron chi connectivity index (χ1n) is 5.22. The Bertz CT molecular complexity index is 460. The van der Waals surface area contributed by atoms with Crippen LogP contribution >= 0.6 is 7.60 Å². The zero-order valence-electron chi connectivity index (χ0n) is 10.1. The number of nitrogens with zero attached hydrogens (tertiary/aromatic N) is 1. The van der Waals surface area contributed by atoms with Gasteiger partial charge in [0.1, 0.15) is 11.5 Å². The summed E-state index contributed by atoms with van der Waals surface area (Å²) in [7, 11) is -3.02. The van der Waals surface area contributed by atoms with Crippen LogP contribution < -0.4 is 10.1 Å². The Morgan fingerprint density at radius 2 is 2.00 bits per heavy atom. The number of ether oxygens (including phenoxy) is 1. The van der Waals surface area contributed by atoms with Gasteiger partial charge in [-0.1, -0.05) is 12.1 Å². The Kier molecular flexibility index (Phi) is 5.46. The molecule has 19 heavy (non-hydrogen) atoms. The summed E-state index contributed by atoms with van der Waals surface area (Å²) in [4.78, 5) is 28.8. The Balaban J connectivity index is 2.90. The molecule has 1 rings (SSSR count). The van der Waals surface area contributed by atoms with Crippen molar-refractivity contribution in [2.24, 2.45) is 0 Å². The molecule has 1 unspecified atom stereocenters. The average molecular weight is 290 g/mol. The van der Waals surface area contributed by atoms with Gasteiger partial charge < -0.3 is 14.5 Å². The third kappa shape index (κ3) is 4.62. The predicted molar refractivity (Wildman–Crippen MR) is 65.5 cm³/mol. The topological polar surface area (TPSA) is 119 Å². The molecular weight excluding hydrogens is 275 g/mol. The van der Waals surface area contributed by atoms with E-state index >= 15 is 0 Å². The van der Waals surface area contributed by atoms with Gasteiger partial charge in [-0.3, -0.25) is 19.9 Å². The van der Waals surface area contributed by atoms with Crippen molar-refractivity contribution in [2.75, 3.05) is 13.8 Å². The monoisotopic (exact) mass is 290 g/mol. The summed E-state index contributed by atoms with van der Waals surface area (Å²) in [6.45, 7) is -0.411. The van der Waals surface area contributed by atoms with Gasteiger partial charge in [0, 0.05) is 0 Å². The summed E-state index contributed by atoms with van der Waals surface area (Å²) >= 11 is 0. The summed E-state index contributed by atoms with van der Waals surface area (Å²) < 4.78 is 16.3. The van der Waals surface area contributed by atoms with Crippen LogP contribution in [0.5, 0.6) is 5.75 Å². The van der Waals surface area contributed by atoms with Crippen molar-refractivity contribution in [3.8, 4) is 5.75 Å². The summed E-state index contributed by atoms with van der Waals surface area (Å²) in [6.07, 6.45) is 0.123. The Labute approximate surface area is 109 Å². The van der Waals surface area contributed by atoms with E-state index in [9.17, 15) is 19.1 Å². The van der Waals surface area contributed by atoms with Gasteiger partial charge in [-0.05, 0) is 17.7 Å². The average Bonchev–Trinajstić information content (AvgIpc) is 2.37. The summed E-state index contributed by atoms with van der Waals surface area (Å²) in [5.41, 5.74) is 0.313. The highest BCUT2D eigenvalue weighted by atomic mass is 31.2. The van der Waals surface area contributed by atoms with Gasteiger partial charge in [0.2, 0.25) is 6.41 Å². The van der Waals surface area contributed by atoms with E-state index in [2.05, 4.69) is 5.32 Å². The van der Waals surface area contributed by atoms with E-state index in [1.54, 1.807) is 12.1 Å². The molecule has 0 saturated carbocycles. The van der Waals surface area contributed by atoms with Gasteiger partial charge in [0.15, 0.2) is 0 Å². The summed E-state index contributed by atoms with van der Waals surface area (Å²) in [6, 6.07) is 6.07. The van der Waals surface area contributed by atoms with Crippen molar-refractivity contribution in [3.05, 3.63) is 29.8 Å². The Morgan fingerprint density at radius 3 is 2.42 bits per heavy atom. The smallest absolute Gasteiger partial charge is 0.346 e. The van der Waals surface area contributed by atoms with Crippen LogP contribution in [0.15, 0.2) is 24.3 Å². The van der Waals surface area contributed by atoms with Crippen LogP contribution in [-0.4, -0.2) is 40.2 Å². The minimum Gasteiger partial charge on any atom is -0.497 e. The van der Waals surface area contributed by atoms with Crippen molar-refractivity contribution in [3.63, 3.8) is 0 Å². The van der Waals surface area contributed by atoms with Crippen LogP contribution in [0.1, 0.15) is 11.3 Å². The lowest BCUT2D eigenvalue weighted by Gasteiger charge is -2.22. The fourth-order valence-electron chi connectivity index (χ4n) is 1.43. The van der Waals surface area contributed by atoms with Gasteiger partial charge in [-0.15, -0.1) is 0 Å². The molecule has 1 aromatic carbocycles. The van der Waals surface area contributed by atoms with Crippen LogP contribution in [0.2, 0.25) is 0 Å². The quantitative estimate of drug-likeness (QED) is 0.187. The van der Waals surface area contributed by atoms with Crippen molar-refractivity contribution in [1.29, 1.82) is 0 Å². The molecule has 0 saturated heterocycles. The lowest BCUT2D eigenvalue weighted by atomic mass is 10.2. The molecule has 0 aliphatic rings. The molecule has 0 aromatic heterocycles. The van der Waals surface area contributed by atoms with Crippen molar-refractivity contribution in [1.82, 2.24) is 10.4 Å². The third-order valence-electron chi connectivity index (χ3n) is 2.34. The number of hydrogen-bond donors (Lipinski definition) is 4. The molecule has 8 nitrogen and oxygen atoms in total. The van der Waals surface area contributed by atoms with Gasteiger partial charge in [-0.25, -0.2) is 5.06 Å². The highest BCUT2D eigenvalue weighted by Gasteiger charge is 2.30. The fraction of sp³-hybridized carbons (Fsp3) is 0.300. The van der Waals surface area contributed by atoms with E-state index < -0.39 is 20.0 Å². The Hall–Kier alpha value is -1.44. The Morgan fingerprint density at radius 1 is 1.42 bits per heavy atom. The fourth-order valence-corrected chi connectivity index (χ4v) is 2.31. The molecular formula is C10H15N2O6P. The largest absolute Gasteiger partial charge is 0.497 e. The highest BCUT2D eigenvalue weighted by molar-refractivity contribution is 7.52. The second-order valence-electron chi connectivity index (χ2n) is 3.67. The van der Waals surface area contributed by atoms with Crippen molar-refractivity contribution >= 4 is 14.0 Å². The number of methoxy groups -OCH3 is 1. The normalized spacial score (nSPS) is 12.8. The summed E-state index contributed by atoms with van der Waals surface area (Å²) in [5.74, 6) is -0.780. The number of benzene rings is 1. The minimum absolute atomic E-state index is 0.123. The van der Waals surface area contributed by atoms with E-state index in [1.807, 2.05) is 0 Å². The van der Waals surface area contributed by atoms with Crippen LogP contribution in [0.4, 0.5) is 0 Å². The van der Waals surface area contributed by atoms with E-state index in [4.69, 9.17) is 9.94 Å². The molecule has 0 radical (unpaired) electrons. The van der Waals surface area contributed by atoms with E-state index in [0.29, 0.717) is 11.3 Å². The molecule has 0 bridgehead atoms. The lowest BCUT2D eigenvalue weighted by Crippen LogP contribution is -2.33. The number of amides is 1. The first kappa shape index (κ1) is 15.6. The zero-order valence-corrected chi connectivity index (χ0v) is 11.0. The first-order valence-corrected chi connectivity index (χ1v) is 6.90. The van der Waals surface area contributed by atoms with Crippen LogP contribution in [-0.2, 0) is 9.36 Å². The maximum atomic E-state index is 11.4. The maximum Gasteiger partial charge on any atom is 0.346 e. The highest BCUT2D eigenvalue weighted by Crippen LogP contribution is 2.49. The second-order valence-corrected chi connectivity index (χ2v) is 5.37. The molecule has 1 amide bonds.